The van der Waals surface area contributed by atoms with E-state index in [1.165, 1.54) is 32.1 Å². The molecule has 0 unspecified atom stereocenters. The number of benzene rings is 1. The fraction of sp³-hybridized carbons (Fsp3) is 0.412. The number of allylic oxidation sites excluding steroid dienone is 4. The molecule has 0 spiro atoms. The Balaban J connectivity index is 0. The summed E-state index contributed by atoms with van der Waals surface area (Å²) in [7, 11) is -0.242. The first-order valence-electron chi connectivity index (χ1n) is 7.45. The first kappa shape index (κ1) is 24.7. The number of hydrogen-bond acceptors (Lipinski definition) is 0. The zero-order valence-corrected chi connectivity index (χ0v) is 18.5. The fourth-order valence-electron chi connectivity index (χ4n) is 2.93. The molecule has 0 amide bonds. The molecular weight excluding hydrogens is 386 g/mol. The van der Waals surface area contributed by atoms with Crippen LogP contribution in [0.1, 0.15) is 46.0 Å². The van der Waals surface area contributed by atoms with E-state index in [4.69, 9.17) is 0 Å². The van der Waals surface area contributed by atoms with Crippen LogP contribution in [0.4, 0.5) is 0 Å². The molecule has 1 aliphatic rings. The largest absolute Gasteiger partial charge is 1.00 e. The topological polar surface area (TPSA) is 0 Å². The standard InChI is InChI=1S/C17H23Si.3ClH.Ti/c1-3-8-14-12-17(13-15(14)9-4-2)18-16-10-6-5-7-11-16;;;;/h5-7,10-11H,3-4,8-9,12,18H2,1-2H3;3*1H;/q;;;;+3/p-3. The van der Waals surface area contributed by atoms with Gasteiger partial charge in [0.15, 0.2) is 0 Å². The molecule has 0 saturated heterocycles. The van der Waals surface area contributed by atoms with Gasteiger partial charge in [0.2, 0.25) is 0 Å². The summed E-state index contributed by atoms with van der Waals surface area (Å²) >= 11 is 2.37. The van der Waals surface area contributed by atoms with Crippen LogP contribution in [0.3, 0.4) is 0 Å². The molecule has 0 saturated carbocycles. The van der Waals surface area contributed by atoms with Gasteiger partial charge in [-0.2, -0.15) is 0 Å². The molecule has 0 atom stereocenters. The van der Waals surface area contributed by atoms with Crippen LogP contribution >= 0.6 is 0 Å². The summed E-state index contributed by atoms with van der Waals surface area (Å²) in [6.07, 6.45) is 6.44. The van der Waals surface area contributed by atoms with Gasteiger partial charge in [0.25, 0.3) is 0 Å². The number of hydrogen-bond donors (Lipinski definition) is 0. The van der Waals surface area contributed by atoms with E-state index in [2.05, 4.69) is 64.6 Å². The van der Waals surface area contributed by atoms with Gasteiger partial charge in [-0.25, -0.2) is 0 Å². The maximum atomic E-state index is 2.37. The van der Waals surface area contributed by atoms with Crippen molar-refractivity contribution >= 4 is 14.7 Å². The first-order chi connectivity index (χ1) is 9.26. The second kappa shape index (κ2) is 12.9. The molecule has 120 valence electrons. The summed E-state index contributed by atoms with van der Waals surface area (Å²) in [6.45, 7) is 4.61. The Bertz CT molecular complexity index is 498. The van der Waals surface area contributed by atoms with Crippen LogP contribution in [-0.4, -0.2) is 9.52 Å². The van der Waals surface area contributed by atoms with Crippen LogP contribution < -0.4 is 42.4 Å². The van der Waals surface area contributed by atoms with Crippen LogP contribution in [0, 0.1) is 0 Å². The van der Waals surface area contributed by atoms with E-state index in [1.54, 1.807) is 25.4 Å². The summed E-state index contributed by atoms with van der Waals surface area (Å²) in [6, 6.07) is 11.1. The number of rotatable bonds is 6. The van der Waals surface area contributed by atoms with E-state index in [0.29, 0.717) is 0 Å². The number of halogens is 3. The van der Waals surface area contributed by atoms with Crippen molar-refractivity contribution in [3.8, 4) is 0 Å². The molecule has 0 N–H and O–H groups in total. The van der Waals surface area contributed by atoms with Crippen LogP contribution in [0.25, 0.3) is 0 Å². The Morgan fingerprint density at radius 3 is 2.09 bits per heavy atom. The summed E-state index contributed by atoms with van der Waals surface area (Å²) in [5.74, 6) is 0. The summed E-state index contributed by atoms with van der Waals surface area (Å²) in [5.41, 5.74) is 3.46. The average molecular weight is 410 g/mol. The SMILES string of the molecule is CCCC1=C(CCC)[C]([Ti+3])=C([SiH2]c2ccccc2)C1.[Cl-].[Cl-].[Cl-]. The third kappa shape index (κ3) is 6.55. The molecule has 1 aromatic rings. The molecular formula is C17H23Cl3SiTi. The van der Waals surface area contributed by atoms with Gasteiger partial charge < -0.3 is 37.2 Å². The second-order valence-corrected chi connectivity index (χ2v) is 8.20. The van der Waals surface area contributed by atoms with Crippen molar-refractivity contribution < 1.29 is 57.7 Å². The van der Waals surface area contributed by atoms with Crippen molar-refractivity contribution in [3.05, 3.63) is 50.6 Å². The van der Waals surface area contributed by atoms with Gasteiger partial charge in [-0.1, -0.05) is 0 Å². The van der Waals surface area contributed by atoms with E-state index in [1.807, 2.05) is 0 Å². The van der Waals surface area contributed by atoms with Crippen LogP contribution in [-0.2, 0) is 20.4 Å². The van der Waals surface area contributed by atoms with Crippen LogP contribution in [0.2, 0.25) is 0 Å². The zero-order valence-electron chi connectivity index (χ0n) is 13.3. The van der Waals surface area contributed by atoms with E-state index < -0.39 is 0 Å². The van der Waals surface area contributed by atoms with Gasteiger partial charge in [0.1, 0.15) is 0 Å². The molecule has 0 nitrogen and oxygen atoms in total. The Morgan fingerprint density at radius 1 is 0.955 bits per heavy atom. The molecule has 0 bridgehead atoms. The Labute approximate surface area is 168 Å². The Morgan fingerprint density at radius 2 is 1.55 bits per heavy atom. The molecule has 0 aliphatic heterocycles. The third-order valence-corrected chi connectivity index (χ3v) is 7.31. The molecule has 1 aromatic carbocycles. The predicted octanol–water partition coefficient (Wildman–Crippen LogP) is -5.45. The summed E-state index contributed by atoms with van der Waals surface area (Å²) < 4.78 is 1.65. The van der Waals surface area contributed by atoms with Gasteiger partial charge in [0, 0.05) is 0 Å². The van der Waals surface area contributed by atoms with Crippen molar-refractivity contribution in [2.45, 2.75) is 46.0 Å². The third-order valence-electron chi connectivity index (χ3n) is 3.82. The van der Waals surface area contributed by atoms with E-state index >= 15 is 0 Å². The molecule has 2 rings (SSSR count). The monoisotopic (exact) mass is 408 g/mol. The maximum absolute atomic E-state index is 2.37. The van der Waals surface area contributed by atoms with Crippen LogP contribution in [0.15, 0.2) is 50.6 Å². The average Bonchev–Trinajstić information content (AvgIpc) is 2.70. The van der Waals surface area contributed by atoms with Crippen molar-refractivity contribution in [2.75, 3.05) is 0 Å². The molecule has 0 heterocycles. The molecule has 5 heteroatoms. The van der Waals surface area contributed by atoms with Crippen molar-refractivity contribution in [3.63, 3.8) is 0 Å². The Hall–Kier alpha value is 0.501. The minimum absolute atomic E-state index is 0. The molecule has 0 fully saturated rings. The summed E-state index contributed by atoms with van der Waals surface area (Å²) in [5, 5.41) is 3.38. The molecule has 0 radical (unpaired) electrons. The second-order valence-electron chi connectivity index (χ2n) is 5.40. The quantitative estimate of drug-likeness (QED) is 0.412. The van der Waals surface area contributed by atoms with Crippen LogP contribution in [0.5, 0.6) is 0 Å². The maximum Gasteiger partial charge on any atom is -1.00 e. The van der Waals surface area contributed by atoms with Gasteiger partial charge in [0.05, 0.1) is 0 Å². The van der Waals surface area contributed by atoms with Crippen molar-refractivity contribution in [2.24, 2.45) is 0 Å². The Kier molecular flexibility index (Phi) is 14.5. The zero-order chi connectivity index (χ0) is 13.7. The van der Waals surface area contributed by atoms with Gasteiger partial charge in [-0.15, -0.1) is 0 Å². The normalized spacial score (nSPS) is 14.0. The minimum Gasteiger partial charge on any atom is -1.00 e. The van der Waals surface area contributed by atoms with Gasteiger partial charge in [-0.05, 0) is 0 Å². The smallest absolute Gasteiger partial charge is 1.00 e. The van der Waals surface area contributed by atoms with E-state index in [9.17, 15) is 0 Å². The molecule has 1 aliphatic carbocycles. The van der Waals surface area contributed by atoms with E-state index in [0.717, 1.165) is 0 Å². The minimum atomic E-state index is -0.242. The fourth-order valence-corrected chi connectivity index (χ4v) is 5.77. The van der Waals surface area contributed by atoms with Gasteiger partial charge >= 0.3 is 132 Å². The van der Waals surface area contributed by atoms with Gasteiger partial charge in [-0.3, -0.25) is 0 Å². The molecule has 0 aromatic heterocycles. The van der Waals surface area contributed by atoms with Crippen molar-refractivity contribution in [1.82, 2.24) is 0 Å². The summed E-state index contributed by atoms with van der Waals surface area (Å²) in [4.78, 5) is 0. The first-order valence-corrected chi connectivity index (χ1v) is 9.64. The van der Waals surface area contributed by atoms with Crippen molar-refractivity contribution in [1.29, 1.82) is 0 Å². The van der Waals surface area contributed by atoms with E-state index in [-0.39, 0.29) is 46.7 Å². The predicted molar refractivity (Wildman–Crippen MR) is 83.1 cm³/mol. The molecule has 22 heavy (non-hydrogen) atoms.